The molecule has 0 bridgehead atoms. The number of carbonyl (C=O) groups excluding carboxylic acids is 1. The molecule has 0 radical (unpaired) electrons. The summed E-state index contributed by atoms with van der Waals surface area (Å²) in [7, 11) is -3.29. The Morgan fingerprint density at radius 2 is 1.79 bits per heavy atom. The summed E-state index contributed by atoms with van der Waals surface area (Å²) in [5.41, 5.74) is 0.302. The summed E-state index contributed by atoms with van der Waals surface area (Å²) in [5, 5.41) is 12.6. The van der Waals surface area contributed by atoms with Crippen LogP contribution < -0.4 is 15.0 Å². The van der Waals surface area contributed by atoms with Crippen molar-refractivity contribution < 1.29 is 36.2 Å². The van der Waals surface area contributed by atoms with E-state index in [0.29, 0.717) is 30.1 Å². The Labute approximate surface area is 224 Å². The molecule has 0 saturated carbocycles. The molecular weight excluding hydrogens is 535 g/mol. The molecule has 1 aromatic heterocycles. The van der Waals surface area contributed by atoms with Crippen molar-refractivity contribution in [1.82, 2.24) is 10.3 Å². The van der Waals surface area contributed by atoms with E-state index < -0.39 is 21.6 Å². The molecule has 1 amide bonds. The van der Waals surface area contributed by atoms with Gasteiger partial charge in [0.15, 0.2) is 9.84 Å². The van der Waals surface area contributed by atoms with Gasteiger partial charge < -0.3 is 20.1 Å². The molecule has 2 N–H and O–H groups in total. The molecule has 0 aliphatic carbocycles. The van der Waals surface area contributed by atoms with Crippen molar-refractivity contribution >= 4 is 21.6 Å². The van der Waals surface area contributed by atoms with Crippen molar-refractivity contribution in [1.29, 1.82) is 0 Å². The van der Waals surface area contributed by atoms with E-state index in [-0.39, 0.29) is 41.9 Å². The van der Waals surface area contributed by atoms with E-state index in [1.54, 1.807) is 31.2 Å². The lowest BCUT2D eigenvalue weighted by molar-refractivity contribution is -0.137. The number of carbonyl (C=O) groups is 1. The molecule has 39 heavy (non-hydrogen) atoms. The smallest absolute Gasteiger partial charge is 0.416 e. The van der Waals surface area contributed by atoms with Crippen LogP contribution in [0, 0.1) is 0 Å². The maximum atomic E-state index is 12.8. The van der Waals surface area contributed by atoms with Crippen LogP contribution in [0.4, 0.5) is 19.0 Å². The molecule has 1 aliphatic heterocycles. The highest BCUT2D eigenvalue weighted by atomic mass is 32.2. The number of aliphatic hydroxyl groups excluding tert-OH is 1. The number of hydrogen-bond acceptors (Lipinski definition) is 7. The fourth-order valence-electron chi connectivity index (χ4n) is 4.28. The number of nitrogens with zero attached hydrogens (tertiary/aromatic N) is 2. The molecule has 4 rings (SSSR count). The van der Waals surface area contributed by atoms with Crippen molar-refractivity contribution in [2.45, 2.75) is 43.1 Å². The molecule has 0 unspecified atom stereocenters. The number of nitrogens with one attached hydrogen (secondary N) is 1. The minimum atomic E-state index is -4.43. The SMILES string of the molecule is CCS(=O)(=O)c1ccc(CNC(=O)c2ccc(N3C[C@H](Oc4ccc(C(F)(F)F)cc4)C[C@H]3CO)nc2)cc1. The quantitative estimate of drug-likeness (QED) is 0.407. The summed E-state index contributed by atoms with van der Waals surface area (Å²) in [5.74, 6) is 0.475. The van der Waals surface area contributed by atoms with Gasteiger partial charge in [0.25, 0.3) is 5.91 Å². The van der Waals surface area contributed by atoms with E-state index in [4.69, 9.17) is 4.74 Å². The predicted octanol–water partition coefficient (Wildman–Crippen LogP) is 3.84. The summed E-state index contributed by atoms with van der Waals surface area (Å²) >= 11 is 0. The number of rotatable bonds is 9. The number of anilines is 1. The van der Waals surface area contributed by atoms with Crippen LogP contribution in [0.5, 0.6) is 5.75 Å². The lowest BCUT2D eigenvalue weighted by Gasteiger charge is -2.23. The summed E-state index contributed by atoms with van der Waals surface area (Å²) in [6.07, 6.45) is -2.94. The molecule has 208 valence electrons. The van der Waals surface area contributed by atoms with Crippen LogP contribution in [0.3, 0.4) is 0 Å². The fourth-order valence-corrected chi connectivity index (χ4v) is 5.17. The third-order valence-electron chi connectivity index (χ3n) is 6.49. The molecule has 1 fully saturated rings. The van der Waals surface area contributed by atoms with E-state index in [9.17, 15) is 31.5 Å². The van der Waals surface area contributed by atoms with E-state index >= 15 is 0 Å². The number of alkyl halides is 3. The molecule has 3 aromatic rings. The number of aromatic nitrogens is 1. The average Bonchev–Trinajstić information content (AvgIpc) is 3.34. The summed E-state index contributed by atoms with van der Waals surface area (Å²) in [6.45, 7) is 1.96. The van der Waals surface area contributed by atoms with Gasteiger partial charge in [-0.1, -0.05) is 19.1 Å². The molecule has 1 saturated heterocycles. The van der Waals surface area contributed by atoms with Crippen LogP contribution in [-0.2, 0) is 22.6 Å². The van der Waals surface area contributed by atoms with Gasteiger partial charge >= 0.3 is 6.18 Å². The zero-order chi connectivity index (χ0) is 28.2. The van der Waals surface area contributed by atoms with E-state index in [1.165, 1.54) is 30.5 Å². The number of hydrogen-bond donors (Lipinski definition) is 2. The number of amides is 1. The lowest BCUT2D eigenvalue weighted by Crippen LogP contribution is -2.33. The van der Waals surface area contributed by atoms with E-state index in [0.717, 1.165) is 17.7 Å². The fraction of sp³-hybridized carbons (Fsp3) is 0.333. The van der Waals surface area contributed by atoms with Crippen molar-refractivity contribution in [2.24, 2.45) is 0 Å². The zero-order valence-electron chi connectivity index (χ0n) is 21.1. The van der Waals surface area contributed by atoms with Crippen LogP contribution in [0.25, 0.3) is 0 Å². The number of sulfone groups is 1. The highest BCUT2D eigenvalue weighted by molar-refractivity contribution is 7.91. The van der Waals surface area contributed by atoms with E-state index in [2.05, 4.69) is 10.3 Å². The number of aliphatic hydroxyl groups is 1. The Bertz CT molecular complexity index is 1380. The van der Waals surface area contributed by atoms with Crippen molar-refractivity contribution in [2.75, 3.05) is 23.8 Å². The molecule has 2 atom stereocenters. The van der Waals surface area contributed by atoms with Crippen LogP contribution in [0.1, 0.15) is 34.8 Å². The van der Waals surface area contributed by atoms with Gasteiger partial charge in [0.05, 0.1) is 41.0 Å². The monoisotopic (exact) mass is 563 g/mol. The first-order chi connectivity index (χ1) is 18.5. The standard InChI is InChI=1S/C27H28F3N3O5S/c1-2-39(36,37)24-10-3-18(4-11-24)14-32-26(35)19-5-12-25(31-15-19)33-16-23(13-21(33)17-34)38-22-8-6-20(7-9-22)27(28,29)30/h3-12,15,21,23,34H,2,13-14,16-17H2,1H3,(H,32,35)/t21-,23+/m0/s1. The van der Waals surface area contributed by atoms with Crippen molar-refractivity contribution in [3.63, 3.8) is 0 Å². The van der Waals surface area contributed by atoms with Gasteiger partial charge in [-0.05, 0) is 54.1 Å². The molecule has 8 nitrogen and oxygen atoms in total. The molecular formula is C27H28F3N3O5S. The summed E-state index contributed by atoms with van der Waals surface area (Å²) in [4.78, 5) is 19.0. The van der Waals surface area contributed by atoms with Crippen LogP contribution in [-0.4, -0.2) is 55.5 Å². The largest absolute Gasteiger partial charge is 0.489 e. The van der Waals surface area contributed by atoms with Gasteiger partial charge in [-0.25, -0.2) is 13.4 Å². The lowest BCUT2D eigenvalue weighted by atomic mass is 10.2. The first kappa shape index (κ1) is 28.4. The second-order valence-corrected chi connectivity index (χ2v) is 11.4. The second kappa shape index (κ2) is 11.6. The van der Waals surface area contributed by atoms with Crippen LogP contribution in [0.15, 0.2) is 71.8 Å². The number of benzene rings is 2. The Morgan fingerprint density at radius 1 is 1.10 bits per heavy atom. The minimum Gasteiger partial charge on any atom is -0.489 e. The maximum absolute atomic E-state index is 12.8. The molecule has 12 heteroatoms. The predicted molar refractivity (Wildman–Crippen MR) is 138 cm³/mol. The van der Waals surface area contributed by atoms with Crippen LogP contribution >= 0.6 is 0 Å². The van der Waals surface area contributed by atoms with Crippen LogP contribution in [0.2, 0.25) is 0 Å². The first-order valence-electron chi connectivity index (χ1n) is 12.3. The van der Waals surface area contributed by atoms with Crippen molar-refractivity contribution in [3.05, 3.63) is 83.6 Å². The molecule has 1 aliphatic rings. The Balaban J connectivity index is 1.34. The first-order valence-corrected chi connectivity index (χ1v) is 13.9. The Kier molecular flexibility index (Phi) is 8.45. The van der Waals surface area contributed by atoms with Gasteiger partial charge in [0.2, 0.25) is 0 Å². The van der Waals surface area contributed by atoms with Gasteiger partial charge in [-0.2, -0.15) is 13.2 Å². The van der Waals surface area contributed by atoms with Gasteiger partial charge in [0.1, 0.15) is 17.7 Å². The van der Waals surface area contributed by atoms with E-state index in [1.807, 2.05) is 4.90 Å². The van der Waals surface area contributed by atoms with Crippen molar-refractivity contribution in [3.8, 4) is 5.75 Å². The summed E-state index contributed by atoms with van der Waals surface area (Å²) < 4.78 is 68.1. The number of ether oxygens (including phenoxy) is 1. The van der Waals surface area contributed by atoms with Gasteiger partial charge in [0, 0.05) is 19.2 Å². The van der Waals surface area contributed by atoms with Gasteiger partial charge in [-0.3, -0.25) is 4.79 Å². The highest BCUT2D eigenvalue weighted by Crippen LogP contribution is 2.32. The average molecular weight is 564 g/mol. The second-order valence-electron chi connectivity index (χ2n) is 9.12. The third kappa shape index (κ3) is 6.87. The molecule has 2 aromatic carbocycles. The normalized spacial score (nSPS) is 17.7. The Morgan fingerprint density at radius 3 is 2.36 bits per heavy atom. The zero-order valence-corrected chi connectivity index (χ0v) is 21.9. The number of halogens is 3. The number of pyridine rings is 1. The van der Waals surface area contributed by atoms with Gasteiger partial charge in [-0.15, -0.1) is 0 Å². The minimum absolute atomic E-state index is 0.00932. The topological polar surface area (TPSA) is 109 Å². The highest BCUT2D eigenvalue weighted by Gasteiger charge is 2.34. The maximum Gasteiger partial charge on any atom is 0.416 e. The molecule has 2 heterocycles. The molecule has 0 spiro atoms. The Hall–Kier alpha value is -3.64. The summed E-state index contributed by atoms with van der Waals surface area (Å²) in [6, 6.07) is 13.7. The third-order valence-corrected chi connectivity index (χ3v) is 8.24.